The van der Waals surface area contributed by atoms with Gasteiger partial charge in [0.25, 0.3) is 5.91 Å². The van der Waals surface area contributed by atoms with E-state index in [2.05, 4.69) is 43.3 Å². The standard InChI is InChI=1S/C20H23NO/c1-15-7-9-16(10-8-15)14-21(2)20(22)19-12-11-17-5-3-4-6-18(17)13-19/h7-13H,3-6,14H2,1-2H3. The van der Waals surface area contributed by atoms with Crippen molar-refractivity contribution >= 4 is 5.91 Å². The van der Waals surface area contributed by atoms with Gasteiger partial charge in [-0.05, 0) is 61.4 Å². The van der Waals surface area contributed by atoms with Gasteiger partial charge >= 0.3 is 0 Å². The average Bonchev–Trinajstić information content (AvgIpc) is 2.55. The van der Waals surface area contributed by atoms with Gasteiger partial charge < -0.3 is 4.90 Å². The highest BCUT2D eigenvalue weighted by Crippen LogP contribution is 2.23. The molecule has 0 radical (unpaired) electrons. The summed E-state index contributed by atoms with van der Waals surface area (Å²) in [6.07, 6.45) is 4.78. The number of benzene rings is 2. The molecule has 0 unspecified atom stereocenters. The Bertz CT molecular complexity index is 673. The molecular formula is C20H23NO. The average molecular weight is 293 g/mol. The monoisotopic (exact) mass is 293 g/mol. The summed E-state index contributed by atoms with van der Waals surface area (Å²) in [6.45, 7) is 2.72. The summed E-state index contributed by atoms with van der Waals surface area (Å²) >= 11 is 0. The van der Waals surface area contributed by atoms with Crippen LogP contribution in [0, 0.1) is 6.92 Å². The van der Waals surface area contributed by atoms with Gasteiger partial charge in [-0.15, -0.1) is 0 Å². The minimum Gasteiger partial charge on any atom is -0.337 e. The van der Waals surface area contributed by atoms with E-state index in [0.29, 0.717) is 6.54 Å². The van der Waals surface area contributed by atoms with Crippen molar-refractivity contribution in [1.82, 2.24) is 4.90 Å². The molecule has 0 saturated heterocycles. The Morgan fingerprint density at radius 3 is 2.41 bits per heavy atom. The number of hydrogen-bond donors (Lipinski definition) is 0. The molecule has 0 aliphatic heterocycles. The number of rotatable bonds is 3. The van der Waals surface area contributed by atoms with Crippen LogP contribution in [0.1, 0.15) is 45.5 Å². The second-order valence-corrected chi connectivity index (χ2v) is 6.34. The highest BCUT2D eigenvalue weighted by molar-refractivity contribution is 5.94. The third kappa shape index (κ3) is 3.22. The molecule has 1 amide bonds. The Labute approximate surface area is 132 Å². The Balaban J connectivity index is 1.73. The first-order chi connectivity index (χ1) is 10.6. The molecule has 0 bridgehead atoms. The molecule has 2 heteroatoms. The molecule has 0 N–H and O–H groups in total. The number of aryl methyl sites for hydroxylation is 3. The molecule has 0 atom stereocenters. The van der Waals surface area contributed by atoms with Gasteiger partial charge in [-0.2, -0.15) is 0 Å². The lowest BCUT2D eigenvalue weighted by Crippen LogP contribution is -2.26. The quantitative estimate of drug-likeness (QED) is 0.832. The molecule has 3 rings (SSSR count). The highest BCUT2D eigenvalue weighted by atomic mass is 16.2. The molecule has 1 aliphatic rings. The minimum atomic E-state index is 0.106. The predicted octanol–water partition coefficient (Wildman–Crippen LogP) is 4.15. The van der Waals surface area contributed by atoms with Gasteiger partial charge in [0.2, 0.25) is 0 Å². The van der Waals surface area contributed by atoms with Gasteiger partial charge in [-0.1, -0.05) is 35.9 Å². The van der Waals surface area contributed by atoms with Crippen molar-refractivity contribution in [2.75, 3.05) is 7.05 Å². The number of carbonyl (C=O) groups excluding carboxylic acids is 1. The van der Waals surface area contributed by atoms with Crippen molar-refractivity contribution in [2.45, 2.75) is 39.2 Å². The number of fused-ring (bicyclic) bond motifs is 1. The van der Waals surface area contributed by atoms with Crippen LogP contribution in [-0.4, -0.2) is 17.9 Å². The van der Waals surface area contributed by atoms with E-state index in [9.17, 15) is 4.79 Å². The van der Waals surface area contributed by atoms with Crippen LogP contribution in [0.2, 0.25) is 0 Å². The Morgan fingerprint density at radius 1 is 1.00 bits per heavy atom. The molecule has 2 nitrogen and oxygen atoms in total. The van der Waals surface area contributed by atoms with E-state index in [1.54, 1.807) is 4.90 Å². The van der Waals surface area contributed by atoms with E-state index in [1.807, 2.05) is 13.1 Å². The van der Waals surface area contributed by atoms with Gasteiger partial charge in [0.1, 0.15) is 0 Å². The van der Waals surface area contributed by atoms with E-state index in [0.717, 1.165) is 18.4 Å². The van der Waals surface area contributed by atoms with E-state index < -0.39 is 0 Å². The number of nitrogens with zero attached hydrogens (tertiary/aromatic N) is 1. The lowest BCUT2D eigenvalue weighted by Gasteiger charge is -2.20. The summed E-state index contributed by atoms with van der Waals surface area (Å²) in [4.78, 5) is 14.4. The maximum Gasteiger partial charge on any atom is 0.253 e. The number of hydrogen-bond acceptors (Lipinski definition) is 1. The fourth-order valence-electron chi connectivity index (χ4n) is 3.13. The first-order valence-corrected chi connectivity index (χ1v) is 8.06. The second kappa shape index (κ2) is 6.35. The lowest BCUT2D eigenvalue weighted by atomic mass is 9.90. The van der Waals surface area contributed by atoms with Gasteiger partial charge in [0.05, 0.1) is 0 Å². The normalized spacial score (nSPS) is 13.5. The van der Waals surface area contributed by atoms with E-state index in [4.69, 9.17) is 0 Å². The van der Waals surface area contributed by atoms with Gasteiger partial charge in [0, 0.05) is 19.2 Å². The zero-order chi connectivity index (χ0) is 15.5. The van der Waals surface area contributed by atoms with Crippen LogP contribution in [-0.2, 0) is 19.4 Å². The van der Waals surface area contributed by atoms with Crippen LogP contribution in [0.5, 0.6) is 0 Å². The maximum atomic E-state index is 12.6. The molecule has 2 aromatic rings. The minimum absolute atomic E-state index is 0.106. The van der Waals surface area contributed by atoms with Crippen molar-refractivity contribution in [3.63, 3.8) is 0 Å². The highest BCUT2D eigenvalue weighted by Gasteiger charge is 2.15. The fraction of sp³-hybridized carbons (Fsp3) is 0.350. The lowest BCUT2D eigenvalue weighted by molar-refractivity contribution is 0.0785. The smallest absolute Gasteiger partial charge is 0.253 e. The van der Waals surface area contributed by atoms with Gasteiger partial charge in [0.15, 0.2) is 0 Å². The second-order valence-electron chi connectivity index (χ2n) is 6.34. The first kappa shape index (κ1) is 14.8. The van der Waals surface area contributed by atoms with E-state index in [-0.39, 0.29) is 5.91 Å². The largest absolute Gasteiger partial charge is 0.337 e. The third-order valence-electron chi connectivity index (χ3n) is 4.48. The molecule has 0 aromatic heterocycles. The molecule has 1 aliphatic carbocycles. The van der Waals surface area contributed by atoms with Crippen molar-refractivity contribution in [3.8, 4) is 0 Å². The Kier molecular flexibility index (Phi) is 4.28. The first-order valence-electron chi connectivity index (χ1n) is 8.06. The molecule has 0 fully saturated rings. The van der Waals surface area contributed by atoms with E-state index >= 15 is 0 Å². The van der Waals surface area contributed by atoms with Gasteiger partial charge in [-0.25, -0.2) is 0 Å². The summed E-state index contributed by atoms with van der Waals surface area (Å²) in [5.74, 6) is 0.106. The zero-order valence-electron chi connectivity index (χ0n) is 13.4. The molecule has 22 heavy (non-hydrogen) atoms. The molecule has 0 saturated carbocycles. The molecule has 114 valence electrons. The van der Waals surface area contributed by atoms with Crippen molar-refractivity contribution in [3.05, 3.63) is 70.3 Å². The molecule has 0 spiro atoms. The maximum absolute atomic E-state index is 12.6. The van der Waals surface area contributed by atoms with Crippen LogP contribution in [0.3, 0.4) is 0 Å². The summed E-state index contributed by atoms with van der Waals surface area (Å²) in [5.41, 5.74) is 6.01. The number of amides is 1. The summed E-state index contributed by atoms with van der Waals surface area (Å²) in [7, 11) is 1.88. The van der Waals surface area contributed by atoms with Crippen LogP contribution in [0.25, 0.3) is 0 Å². The van der Waals surface area contributed by atoms with Crippen LogP contribution < -0.4 is 0 Å². The van der Waals surface area contributed by atoms with Crippen LogP contribution in [0.4, 0.5) is 0 Å². The third-order valence-corrected chi connectivity index (χ3v) is 4.48. The van der Waals surface area contributed by atoms with E-state index in [1.165, 1.54) is 35.1 Å². The Hall–Kier alpha value is -2.09. The van der Waals surface area contributed by atoms with Gasteiger partial charge in [-0.3, -0.25) is 4.79 Å². The SMILES string of the molecule is Cc1ccc(CN(C)C(=O)c2ccc3c(c2)CCCC3)cc1. The van der Waals surface area contributed by atoms with Crippen LogP contribution in [0.15, 0.2) is 42.5 Å². The summed E-state index contributed by atoms with van der Waals surface area (Å²) in [6, 6.07) is 14.6. The van der Waals surface area contributed by atoms with Crippen molar-refractivity contribution in [1.29, 1.82) is 0 Å². The number of carbonyl (C=O) groups is 1. The molecule has 0 heterocycles. The Morgan fingerprint density at radius 2 is 1.68 bits per heavy atom. The fourth-order valence-corrected chi connectivity index (χ4v) is 3.13. The molecular weight excluding hydrogens is 270 g/mol. The molecule has 2 aromatic carbocycles. The summed E-state index contributed by atoms with van der Waals surface area (Å²) < 4.78 is 0. The summed E-state index contributed by atoms with van der Waals surface area (Å²) in [5, 5.41) is 0. The van der Waals surface area contributed by atoms with Crippen molar-refractivity contribution < 1.29 is 4.79 Å². The van der Waals surface area contributed by atoms with Crippen molar-refractivity contribution in [2.24, 2.45) is 0 Å². The zero-order valence-corrected chi connectivity index (χ0v) is 13.4. The van der Waals surface area contributed by atoms with Crippen LogP contribution >= 0.6 is 0 Å². The topological polar surface area (TPSA) is 20.3 Å². The predicted molar refractivity (Wildman–Crippen MR) is 90.1 cm³/mol.